The van der Waals surface area contributed by atoms with Crippen molar-refractivity contribution in [2.24, 2.45) is 5.92 Å². The molecule has 0 amide bonds. The first-order chi connectivity index (χ1) is 7.54. The third-order valence-electron chi connectivity index (χ3n) is 2.90. The molecule has 16 heavy (non-hydrogen) atoms. The summed E-state index contributed by atoms with van der Waals surface area (Å²) in [7, 11) is 1.57. The Kier molecular flexibility index (Phi) is 4.47. The highest BCUT2D eigenvalue weighted by Crippen LogP contribution is 2.25. The summed E-state index contributed by atoms with van der Waals surface area (Å²) in [5, 5.41) is 0. The van der Waals surface area contributed by atoms with Gasteiger partial charge in [-0.1, -0.05) is 6.58 Å². The minimum Gasteiger partial charge on any atom is -0.501 e. The summed E-state index contributed by atoms with van der Waals surface area (Å²) in [5.41, 5.74) is 0.566. The lowest BCUT2D eigenvalue weighted by atomic mass is 9.87. The Hall–Kier alpha value is -1.38. The molecular weight excluding hydrogens is 204 g/mol. The van der Waals surface area contributed by atoms with Gasteiger partial charge in [0.05, 0.1) is 12.9 Å². The molecule has 1 aliphatic rings. The van der Waals surface area contributed by atoms with Crippen LogP contribution in [0.3, 0.4) is 0 Å². The van der Waals surface area contributed by atoms with Crippen molar-refractivity contribution in [3.63, 3.8) is 0 Å². The smallest absolute Gasteiger partial charge is 0.162 e. The predicted octanol–water partition coefficient (Wildman–Crippen LogP) is 2.42. The number of hydrogen-bond donors (Lipinski definition) is 0. The fraction of sp³-hybridized carbons (Fsp3) is 0.538. The van der Waals surface area contributed by atoms with Gasteiger partial charge in [0.1, 0.15) is 0 Å². The van der Waals surface area contributed by atoms with E-state index in [1.807, 2.05) is 0 Å². The normalized spacial score (nSPS) is 20.2. The minimum absolute atomic E-state index is 0.0257. The van der Waals surface area contributed by atoms with E-state index in [4.69, 9.17) is 4.74 Å². The molecule has 0 bridgehead atoms. The van der Waals surface area contributed by atoms with Gasteiger partial charge in [-0.05, 0) is 25.3 Å². The van der Waals surface area contributed by atoms with Crippen LogP contribution in [0.5, 0.6) is 0 Å². The number of Topliss-reactive ketones (excluding diaryl/α,β-unsaturated/α-hetero) is 1. The van der Waals surface area contributed by atoms with Crippen molar-refractivity contribution < 1.29 is 14.3 Å². The van der Waals surface area contributed by atoms with Gasteiger partial charge in [0.15, 0.2) is 11.6 Å². The Balaban J connectivity index is 2.46. The number of carbonyl (C=O) groups is 2. The largest absolute Gasteiger partial charge is 0.501 e. The molecule has 0 spiro atoms. The molecule has 0 aromatic heterocycles. The second-order valence-electron chi connectivity index (χ2n) is 4.19. The second-order valence-corrected chi connectivity index (χ2v) is 4.19. The zero-order valence-electron chi connectivity index (χ0n) is 9.91. The topological polar surface area (TPSA) is 43.4 Å². The highest BCUT2D eigenvalue weighted by Gasteiger charge is 2.23. The maximum absolute atomic E-state index is 11.7. The molecule has 0 heterocycles. The molecule has 0 saturated carbocycles. The molecule has 0 aliphatic heterocycles. The zero-order valence-corrected chi connectivity index (χ0v) is 9.91. The molecule has 1 atom stereocenters. The molecule has 3 heteroatoms. The van der Waals surface area contributed by atoms with E-state index in [0.717, 1.165) is 18.6 Å². The van der Waals surface area contributed by atoms with Crippen molar-refractivity contribution in [1.82, 2.24) is 0 Å². The molecule has 1 aliphatic carbocycles. The van der Waals surface area contributed by atoms with Crippen LogP contribution >= 0.6 is 0 Å². The molecule has 3 nitrogen and oxygen atoms in total. The van der Waals surface area contributed by atoms with Crippen molar-refractivity contribution in [3.8, 4) is 0 Å². The van der Waals surface area contributed by atoms with E-state index in [1.165, 1.54) is 0 Å². The summed E-state index contributed by atoms with van der Waals surface area (Å²) >= 11 is 0. The van der Waals surface area contributed by atoms with E-state index < -0.39 is 0 Å². The van der Waals surface area contributed by atoms with Crippen molar-refractivity contribution in [1.29, 1.82) is 0 Å². The fourth-order valence-electron chi connectivity index (χ4n) is 1.77. The number of ether oxygens (including phenoxy) is 1. The lowest BCUT2D eigenvalue weighted by Gasteiger charge is -2.19. The van der Waals surface area contributed by atoms with E-state index in [-0.39, 0.29) is 17.5 Å². The Labute approximate surface area is 96.2 Å². The maximum Gasteiger partial charge on any atom is 0.162 e. The average molecular weight is 222 g/mol. The Bertz CT molecular complexity index is 339. The monoisotopic (exact) mass is 222 g/mol. The van der Waals surface area contributed by atoms with Crippen LogP contribution < -0.4 is 0 Å². The quantitative estimate of drug-likeness (QED) is 0.671. The highest BCUT2D eigenvalue weighted by atomic mass is 16.5. The molecule has 0 saturated heterocycles. The lowest BCUT2D eigenvalue weighted by Crippen LogP contribution is -2.19. The number of carbonyl (C=O) groups excluding carboxylic acids is 2. The minimum atomic E-state index is -0.0257. The molecule has 0 aromatic rings. The third-order valence-corrected chi connectivity index (χ3v) is 2.90. The SMILES string of the molecule is C=C(C)C(=O)CCC1CCC(OC)=CC1=O. The van der Waals surface area contributed by atoms with Gasteiger partial charge in [-0.3, -0.25) is 9.59 Å². The number of allylic oxidation sites excluding steroid dienone is 3. The summed E-state index contributed by atoms with van der Waals surface area (Å²) in [5.74, 6) is 0.849. The average Bonchev–Trinajstić information content (AvgIpc) is 2.26. The zero-order chi connectivity index (χ0) is 12.1. The van der Waals surface area contributed by atoms with Crippen LogP contribution in [0, 0.1) is 5.92 Å². The maximum atomic E-state index is 11.7. The number of rotatable bonds is 5. The van der Waals surface area contributed by atoms with Crippen LogP contribution in [-0.4, -0.2) is 18.7 Å². The van der Waals surface area contributed by atoms with E-state index >= 15 is 0 Å². The summed E-state index contributed by atoms with van der Waals surface area (Å²) in [6.45, 7) is 5.30. The first-order valence-electron chi connectivity index (χ1n) is 5.51. The molecular formula is C13H18O3. The van der Waals surface area contributed by atoms with Gasteiger partial charge in [-0.15, -0.1) is 0 Å². The number of hydrogen-bond acceptors (Lipinski definition) is 3. The van der Waals surface area contributed by atoms with Gasteiger partial charge in [0.25, 0.3) is 0 Å². The van der Waals surface area contributed by atoms with Crippen molar-refractivity contribution in [2.45, 2.75) is 32.6 Å². The van der Waals surface area contributed by atoms with E-state index in [9.17, 15) is 9.59 Å². The van der Waals surface area contributed by atoms with Gasteiger partial charge in [0.2, 0.25) is 0 Å². The fourth-order valence-corrected chi connectivity index (χ4v) is 1.77. The van der Waals surface area contributed by atoms with Crippen LogP contribution in [0.2, 0.25) is 0 Å². The van der Waals surface area contributed by atoms with Gasteiger partial charge < -0.3 is 4.74 Å². The first kappa shape index (κ1) is 12.7. The standard InChI is InChI=1S/C13H18O3/c1-9(2)12(14)7-5-10-4-6-11(16-3)8-13(10)15/h8,10H,1,4-7H2,2-3H3. The van der Waals surface area contributed by atoms with Gasteiger partial charge in [-0.2, -0.15) is 0 Å². The van der Waals surface area contributed by atoms with Crippen LogP contribution in [0.15, 0.2) is 24.0 Å². The number of ketones is 2. The third kappa shape index (κ3) is 3.33. The molecule has 88 valence electrons. The summed E-state index contributed by atoms with van der Waals surface area (Å²) < 4.78 is 5.03. The number of methoxy groups -OCH3 is 1. The predicted molar refractivity (Wildman–Crippen MR) is 61.9 cm³/mol. The van der Waals surface area contributed by atoms with Gasteiger partial charge in [0, 0.05) is 24.8 Å². The van der Waals surface area contributed by atoms with E-state index in [0.29, 0.717) is 18.4 Å². The van der Waals surface area contributed by atoms with Gasteiger partial charge in [-0.25, -0.2) is 0 Å². The lowest BCUT2D eigenvalue weighted by molar-refractivity contribution is -0.120. The summed E-state index contributed by atoms with van der Waals surface area (Å²) in [6.07, 6.45) is 4.16. The van der Waals surface area contributed by atoms with Crippen LogP contribution in [0.25, 0.3) is 0 Å². The van der Waals surface area contributed by atoms with Crippen LogP contribution in [0.4, 0.5) is 0 Å². The van der Waals surface area contributed by atoms with Crippen LogP contribution in [0.1, 0.15) is 32.6 Å². The van der Waals surface area contributed by atoms with E-state index in [1.54, 1.807) is 20.1 Å². The Morgan fingerprint density at radius 1 is 1.62 bits per heavy atom. The van der Waals surface area contributed by atoms with Crippen LogP contribution in [-0.2, 0) is 14.3 Å². The van der Waals surface area contributed by atoms with Crippen molar-refractivity contribution in [3.05, 3.63) is 24.0 Å². The highest BCUT2D eigenvalue weighted by molar-refractivity contribution is 5.96. The van der Waals surface area contributed by atoms with Crippen molar-refractivity contribution >= 4 is 11.6 Å². The second kappa shape index (κ2) is 5.64. The molecule has 1 unspecified atom stereocenters. The summed E-state index contributed by atoms with van der Waals surface area (Å²) in [6, 6.07) is 0. The first-order valence-corrected chi connectivity index (χ1v) is 5.51. The molecule has 0 fully saturated rings. The molecule has 0 radical (unpaired) electrons. The molecule has 1 rings (SSSR count). The Morgan fingerprint density at radius 2 is 2.31 bits per heavy atom. The molecule has 0 N–H and O–H groups in total. The summed E-state index contributed by atoms with van der Waals surface area (Å²) in [4.78, 5) is 23.0. The van der Waals surface area contributed by atoms with E-state index in [2.05, 4.69) is 6.58 Å². The Morgan fingerprint density at radius 3 is 2.81 bits per heavy atom. The molecule has 0 aromatic carbocycles. The van der Waals surface area contributed by atoms with Crippen molar-refractivity contribution in [2.75, 3.05) is 7.11 Å². The van der Waals surface area contributed by atoms with Gasteiger partial charge >= 0.3 is 0 Å².